The summed E-state index contributed by atoms with van der Waals surface area (Å²) in [6.45, 7) is 0. The third-order valence-electron chi connectivity index (χ3n) is 4.18. The third-order valence-corrected chi connectivity index (χ3v) is 5.18. The number of aromatic nitrogens is 1. The summed E-state index contributed by atoms with van der Waals surface area (Å²) in [5.41, 5.74) is -0.317. The second kappa shape index (κ2) is 6.39. The minimum Gasteiger partial charge on any atom is -0.324 e. The molecule has 0 saturated heterocycles. The van der Waals surface area contributed by atoms with Crippen LogP contribution in [0.5, 0.6) is 0 Å². The fourth-order valence-corrected chi connectivity index (χ4v) is 3.37. The van der Waals surface area contributed by atoms with Gasteiger partial charge in [-0.05, 0) is 36.1 Å². The summed E-state index contributed by atoms with van der Waals surface area (Å²) in [6.07, 6.45) is -1.92. The molecule has 0 spiro atoms. The molecule has 1 aromatic carbocycles. The fraction of sp³-hybridized carbons (Fsp3) is 0.294. The van der Waals surface area contributed by atoms with Crippen molar-refractivity contribution in [1.82, 2.24) is 4.98 Å². The van der Waals surface area contributed by atoms with Crippen molar-refractivity contribution in [3.05, 3.63) is 53.7 Å². The van der Waals surface area contributed by atoms with Crippen LogP contribution in [0.15, 0.2) is 47.6 Å². The zero-order valence-corrected chi connectivity index (χ0v) is 14.4. The number of hydrogen-bond donors (Lipinski definition) is 1. The standard InChI is InChI=1S/C17H15F3N2O3S/c1-26(24,25)15-7-6-10(9-21-15)22-16(23)13-8-12(13)11-4-2-3-5-14(11)17(18,19)20/h2-7,9,12-13H,8H2,1H3,(H,22,23)/t12-,13-/m0/s1. The maximum absolute atomic E-state index is 13.1. The number of halogens is 3. The molecule has 0 bridgehead atoms. The van der Waals surface area contributed by atoms with Crippen LogP contribution in [0.3, 0.4) is 0 Å². The zero-order valence-electron chi connectivity index (χ0n) is 13.6. The number of rotatable bonds is 4. The van der Waals surface area contributed by atoms with Gasteiger partial charge in [-0.2, -0.15) is 13.2 Å². The van der Waals surface area contributed by atoms with Crippen LogP contribution in [0.25, 0.3) is 0 Å². The summed E-state index contributed by atoms with van der Waals surface area (Å²) >= 11 is 0. The molecule has 3 rings (SSSR count). The van der Waals surface area contributed by atoms with Gasteiger partial charge in [0.15, 0.2) is 14.9 Å². The number of sulfone groups is 1. The molecule has 1 aliphatic carbocycles. The van der Waals surface area contributed by atoms with Crippen molar-refractivity contribution in [1.29, 1.82) is 0 Å². The summed E-state index contributed by atoms with van der Waals surface area (Å²) in [6, 6.07) is 7.89. The van der Waals surface area contributed by atoms with E-state index in [9.17, 15) is 26.4 Å². The van der Waals surface area contributed by atoms with E-state index in [1.165, 1.54) is 36.5 Å². The smallest absolute Gasteiger partial charge is 0.324 e. The molecule has 2 aromatic rings. The number of amides is 1. The largest absolute Gasteiger partial charge is 0.416 e. The molecule has 1 aliphatic rings. The molecule has 1 aromatic heterocycles. The van der Waals surface area contributed by atoms with Crippen LogP contribution in [0.1, 0.15) is 23.5 Å². The number of anilines is 1. The lowest BCUT2D eigenvalue weighted by molar-refractivity contribution is -0.138. The number of hydrogen-bond acceptors (Lipinski definition) is 4. The summed E-state index contributed by atoms with van der Waals surface area (Å²) in [4.78, 5) is 16.0. The Bertz CT molecular complexity index is 940. The Kier molecular flexibility index (Phi) is 4.51. The van der Waals surface area contributed by atoms with Gasteiger partial charge >= 0.3 is 6.18 Å². The van der Waals surface area contributed by atoms with Crippen LogP contribution in [0, 0.1) is 5.92 Å². The summed E-state index contributed by atoms with van der Waals surface area (Å²) in [5.74, 6) is -1.47. The molecule has 138 valence electrons. The van der Waals surface area contributed by atoms with Crippen molar-refractivity contribution in [3.8, 4) is 0 Å². The Balaban J connectivity index is 1.71. The minimum absolute atomic E-state index is 0.116. The molecule has 1 N–H and O–H groups in total. The van der Waals surface area contributed by atoms with Gasteiger partial charge in [0.1, 0.15) is 0 Å². The topological polar surface area (TPSA) is 76.1 Å². The average Bonchev–Trinajstić information content (AvgIpc) is 3.34. The van der Waals surface area contributed by atoms with Gasteiger partial charge in [-0.3, -0.25) is 4.79 Å². The van der Waals surface area contributed by atoms with E-state index in [4.69, 9.17) is 0 Å². The van der Waals surface area contributed by atoms with Crippen LogP contribution in [-0.4, -0.2) is 25.6 Å². The number of carbonyl (C=O) groups is 1. The minimum atomic E-state index is -4.47. The first kappa shape index (κ1) is 18.4. The number of benzene rings is 1. The molecule has 0 radical (unpaired) electrons. The SMILES string of the molecule is CS(=O)(=O)c1ccc(NC(=O)[C@H]2C[C@H]2c2ccccc2C(F)(F)F)cn1. The zero-order chi connectivity index (χ0) is 19.1. The van der Waals surface area contributed by atoms with E-state index in [2.05, 4.69) is 10.3 Å². The first-order valence-electron chi connectivity index (χ1n) is 7.70. The normalized spacial score (nSPS) is 19.8. The lowest BCUT2D eigenvalue weighted by Gasteiger charge is -2.12. The molecule has 0 aliphatic heterocycles. The molecule has 1 saturated carbocycles. The van der Waals surface area contributed by atoms with Crippen LogP contribution in [-0.2, 0) is 20.8 Å². The molecule has 9 heteroatoms. The van der Waals surface area contributed by atoms with Crippen molar-refractivity contribution >= 4 is 21.4 Å². The second-order valence-electron chi connectivity index (χ2n) is 6.18. The summed E-state index contributed by atoms with van der Waals surface area (Å²) in [7, 11) is -3.45. The Morgan fingerprint density at radius 3 is 2.46 bits per heavy atom. The highest BCUT2D eigenvalue weighted by Crippen LogP contribution is 2.51. The maximum Gasteiger partial charge on any atom is 0.416 e. The molecule has 0 unspecified atom stereocenters. The fourth-order valence-electron chi connectivity index (χ4n) is 2.82. The predicted molar refractivity (Wildman–Crippen MR) is 88.3 cm³/mol. The number of pyridine rings is 1. The van der Waals surface area contributed by atoms with Crippen molar-refractivity contribution in [2.45, 2.75) is 23.5 Å². The van der Waals surface area contributed by atoms with Gasteiger partial charge in [0.2, 0.25) is 5.91 Å². The van der Waals surface area contributed by atoms with E-state index in [1.54, 1.807) is 0 Å². The van der Waals surface area contributed by atoms with Crippen molar-refractivity contribution < 1.29 is 26.4 Å². The first-order valence-corrected chi connectivity index (χ1v) is 9.59. The number of alkyl halides is 3. The molecule has 26 heavy (non-hydrogen) atoms. The Labute approximate surface area is 148 Å². The summed E-state index contributed by atoms with van der Waals surface area (Å²) < 4.78 is 62.0. The number of nitrogens with zero attached hydrogens (tertiary/aromatic N) is 1. The summed E-state index contributed by atoms with van der Waals surface area (Å²) in [5, 5.41) is 2.44. The van der Waals surface area contributed by atoms with Gasteiger partial charge in [0, 0.05) is 12.2 Å². The van der Waals surface area contributed by atoms with Crippen LogP contribution in [0.4, 0.5) is 18.9 Å². The lowest BCUT2D eigenvalue weighted by atomic mass is 10.0. The molecule has 5 nitrogen and oxygen atoms in total. The van der Waals surface area contributed by atoms with E-state index in [1.807, 2.05) is 0 Å². The Hall–Kier alpha value is -2.42. The maximum atomic E-state index is 13.1. The highest BCUT2D eigenvalue weighted by molar-refractivity contribution is 7.90. The van der Waals surface area contributed by atoms with Crippen molar-refractivity contribution in [2.24, 2.45) is 5.92 Å². The molecule has 1 amide bonds. The first-order chi connectivity index (χ1) is 12.1. The highest BCUT2D eigenvalue weighted by Gasteiger charge is 2.47. The third kappa shape index (κ3) is 3.87. The van der Waals surface area contributed by atoms with Crippen LogP contribution < -0.4 is 5.32 Å². The van der Waals surface area contributed by atoms with Gasteiger partial charge < -0.3 is 5.32 Å². The monoisotopic (exact) mass is 384 g/mol. The quantitative estimate of drug-likeness (QED) is 0.878. The van der Waals surface area contributed by atoms with Crippen molar-refractivity contribution in [3.63, 3.8) is 0 Å². The van der Waals surface area contributed by atoms with Gasteiger partial charge in [0.05, 0.1) is 17.4 Å². The molecule has 1 fully saturated rings. The van der Waals surface area contributed by atoms with E-state index >= 15 is 0 Å². The van der Waals surface area contributed by atoms with Gasteiger partial charge in [0.25, 0.3) is 0 Å². The predicted octanol–water partition coefficient (Wildman–Crippen LogP) is 3.25. The number of nitrogens with one attached hydrogen (secondary N) is 1. The van der Waals surface area contributed by atoms with Crippen LogP contribution >= 0.6 is 0 Å². The van der Waals surface area contributed by atoms with Gasteiger partial charge in [-0.1, -0.05) is 18.2 Å². The van der Waals surface area contributed by atoms with Crippen molar-refractivity contribution in [2.75, 3.05) is 11.6 Å². The average molecular weight is 384 g/mol. The highest BCUT2D eigenvalue weighted by atomic mass is 32.2. The molecular formula is C17H15F3N2O3S. The van der Waals surface area contributed by atoms with Crippen LogP contribution in [0.2, 0.25) is 0 Å². The van der Waals surface area contributed by atoms with E-state index in [-0.39, 0.29) is 16.3 Å². The number of carbonyl (C=O) groups excluding carboxylic acids is 1. The van der Waals surface area contributed by atoms with Gasteiger partial charge in [-0.25, -0.2) is 13.4 Å². The Morgan fingerprint density at radius 2 is 1.88 bits per heavy atom. The van der Waals surface area contributed by atoms with Gasteiger partial charge in [-0.15, -0.1) is 0 Å². The second-order valence-corrected chi connectivity index (χ2v) is 8.14. The molecular weight excluding hydrogens is 369 g/mol. The lowest BCUT2D eigenvalue weighted by Crippen LogP contribution is -2.16. The molecule has 1 heterocycles. The molecule has 2 atom stereocenters. The Morgan fingerprint density at radius 1 is 1.19 bits per heavy atom. The van der Waals surface area contributed by atoms with E-state index < -0.39 is 39.3 Å². The van der Waals surface area contributed by atoms with E-state index in [0.717, 1.165) is 12.3 Å². The van der Waals surface area contributed by atoms with E-state index in [0.29, 0.717) is 6.42 Å².